The van der Waals surface area contributed by atoms with E-state index in [1.54, 1.807) is 6.92 Å². The summed E-state index contributed by atoms with van der Waals surface area (Å²) in [5.41, 5.74) is 4.53. The first kappa shape index (κ1) is 23.8. The van der Waals surface area contributed by atoms with Gasteiger partial charge in [0.15, 0.2) is 0 Å². The van der Waals surface area contributed by atoms with Crippen LogP contribution < -0.4 is 16.4 Å². The van der Waals surface area contributed by atoms with E-state index in [-0.39, 0.29) is 26.7 Å². The molecule has 3 rings (SSSR count). The van der Waals surface area contributed by atoms with Gasteiger partial charge in [-0.2, -0.15) is 13.2 Å². The van der Waals surface area contributed by atoms with Crippen molar-refractivity contribution in [3.05, 3.63) is 55.4 Å². The lowest BCUT2D eigenvalue weighted by Gasteiger charge is -2.12. The van der Waals surface area contributed by atoms with Crippen LogP contribution in [0.25, 0.3) is 0 Å². The van der Waals surface area contributed by atoms with E-state index in [0.717, 1.165) is 23.9 Å². The number of nitrogen functional groups attached to an aromatic ring is 1. The number of nitrogens with zero attached hydrogens (tertiary/aromatic N) is 4. The molecule has 0 aromatic carbocycles. The van der Waals surface area contributed by atoms with Crippen molar-refractivity contribution in [2.24, 2.45) is 0 Å². The van der Waals surface area contributed by atoms with Crippen molar-refractivity contribution < 1.29 is 22.8 Å². The maximum absolute atomic E-state index is 13.0. The van der Waals surface area contributed by atoms with E-state index >= 15 is 0 Å². The number of carbonyl (C=O) groups excluding carboxylic acids is 2. The van der Waals surface area contributed by atoms with E-state index in [9.17, 15) is 22.8 Å². The highest BCUT2D eigenvalue weighted by molar-refractivity contribution is 9.10. The maximum atomic E-state index is 13.0. The Kier molecular flexibility index (Phi) is 6.95. The van der Waals surface area contributed by atoms with E-state index in [2.05, 4.69) is 46.5 Å². The van der Waals surface area contributed by atoms with Crippen LogP contribution in [0.1, 0.15) is 43.7 Å². The Morgan fingerprint density at radius 2 is 1.91 bits per heavy atom. The third-order valence-electron chi connectivity index (χ3n) is 3.90. The molecule has 0 aliphatic carbocycles. The largest absolute Gasteiger partial charge is 0.418 e. The van der Waals surface area contributed by atoms with Crippen LogP contribution in [0.5, 0.6) is 0 Å². The minimum atomic E-state index is -4.70. The lowest BCUT2D eigenvalue weighted by atomic mass is 10.2. The average molecular weight is 551 g/mol. The van der Waals surface area contributed by atoms with Gasteiger partial charge in [0.2, 0.25) is 0 Å². The van der Waals surface area contributed by atoms with E-state index in [1.165, 1.54) is 6.20 Å². The number of hydrogen-bond donors (Lipinski definition) is 3. The predicted molar refractivity (Wildman–Crippen MR) is 114 cm³/mol. The van der Waals surface area contributed by atoms with Crippen LogP contribution in [0.4, 0.5) is 24.8 Å². The van der Waals surface area contributed by atoms with Gasteiger partial charge in [0.25, 0.3) is 11.8 Å². The first-order valence-corrected chi connectivity index (χ1v) is 10.5. The summed E-state index contributed by atoms with van der Waals surface area (Å²) in [6.07, 6.45) is -1.53. The van der Waals surface area contributed by atoms with Gasteiger partial charge < -0.3 is 16.4 Å². The van der Waals surface area contributed by atoms with E-state index in [1.807, 2.05) is 0 Å². The van der Waals surface area contributed by atoms with Crippen LogP contribution in [-0.4, -0.2) is 31.8 Å². The average Bonchev–Trinajstić information content (AvgIpc) is 3.21. The summed E-state index contributed by atoms with van der Waals surface area (Å²) >= 11 is 9.61. The van der Waals surface area contributed by atoms with Gasteiger partial charge in [0.1, 0.15) is 33.5 Å². The third kappa shape index (κ3) is 5.31. The number of hydrogen-bond acceptors (Lipinski definition) is 8. The smallest absolute Gasteiger partial charge is 0.383 e. The molecular formula is C17H12BrClF3N7O2S. The number of pyridine rings is 1. The van der Waals surface area contributed by atoms with Gasteiger partial charge in [-0.15, -0.1) is 11.3 Å². The van der Waals surface area contributed by atoms with Gasteiger partial charge in [-0.3, -0.25) is 9.59 Å². The fourth-order valence-corrected chi connectivity index (χ4v) is 3.77. The number of halogens is 5. The minimum absolute atomic E-state index is 0.0214. The molecule has 32 heavy (non-hydrogen) atoms. The predicted octanol–water partition coefficient (Wildman–Crippen LogP) is 4.09. The van der Waals surface area contributed by atoms with Crippen molar-refractivity contribution in [1.82, 2.24) is 25.3 Å². The summed E-state index contributed by atoms with van der Waals surface area (Å²) in [5, 5.41) is 4.72. The number of anilines is 2. The lowest BCUT2D eigenvalue weighted by molar-refractivity contribution is -0.137. The summed E-state index contributed by atoms with van der Waals surface area (Å²) in [4.78, 5) is 40.3. The zero-order valence-electron chi connectivity index (χ0n) is 15.9. The number of rotatable bonds is 5. The third-order valence-corrected chi connectivity index (χ3v) is 6.16. The van der Waals surface area contributed by atoms with Crippen molar-refractivity contribution in [3.8, 4) is 0 Å². The minimum Gasteiger partial charge on any atom is -0.383 e. The molecular weight excluding hydrogens is 539 g/mol. The number of carbonyl (C=O) groups is 2. The molecule has 0 fully saturated rings. The van der Waals surface area contributed by atoms with Crippen LogP contribution in [0.3, 0.4) is 0 Å². The molecule has 168 valence electrons. The van der Waals surface area contributed by atoms with Crippen LogP contribution in [0.2, 0.25) is 5.02 Å². The summed E-state index contributed by atoms with van der Waals surface area (Å²) in [5.74, 6) is -1.50. The second-order valence-electron chi connectivity index (χ2n) is 6.18. The Hall–Kier alpha value is -2.84. The monoisotopic (exact) mass is 549 g/mol. The fourth-order valence-electron chi connectivity index (χ4n) is 2.36. The first-order chi connectivity index (χ1) is 15.0. The van der Waals surface area contributed by atoms with Crippen LogP contribution in [0.15, 0.2) is 29.3 Å². The Balaban J connectivity index is 1.70. The molecule has 0 aliphatic heterocycles. The maximum Gasteiger partial charge on any atom is 0.418 e. The van der Waals surface area contributed by atoms with Crippen LogP contribution in [-0.2, 0) is 6.18 Å². The highest BCUT2D eigenvalue weighted by Crippen LogP contribution is 2.35. The van der Waals surface area contributed by atoms with Crippen molar-refractivity contribution in [2.45, 2.75) is 19.1 Å². The zero-order valence-corrected chi connectivity index (χ0v) is 19.0. The molecule has 3 heterocycles. The molecule has 2 amide bonds. The van der Waals surface area contributed by atoms with Gasteiger partial charge in [0.05, 0.1) is 27.3 Å². The second kappa shape index (κ2) is 9.34. The molecule has 4 N–H and O–H groups in total. The molecule has 0 saturated heterocycles. The number of thiazole rings is 1. The van der Waals surface area contributed by atoms with Crippen molar-refractivity contribution in [2.75, 3.05) is 11.1 Å². The Bertz CT molecular complexity index is 1190. The highest BCUT2D eigenvalue weighted by atomic mass is 79.9. The number of nitrogens with one attached hydrogen (secondary N) is 2. The molecule has 0 saturated carbocycles. The van der Waals surface area contributed by atoms with E-state index < -0.39 is 34.6 Å². The van der Waals surface area contributed by atoms with Gasteiger partial charge >= 0.3 is 6.18 Å². The number of alkyl halides is 3. The summed E-state index contributed by atoms with van der Waals surface area (Å²) < 4.78 is 39.1. The van der Waals surface area contributed by atoms with E-state index in [4.69, 9.17) is 17.3 Å². The Morgan fingerprint density at radius 3 is 2.59 bits per heavy atom. The topological polar surface area (TPSA) is 136 Å². The Morgan fingerprint density at radius 1 is 1.19 bits per heavy atom. The molecule has 0 aliphatic rings. The van der Waals surface area contributed by atoms with Gasteiger partial charge in [-0.25, -0.2) is 19.9 Å². The molecule has 0 bridgehead atoms. The zero-order chi connectivity index (χ0) is 23.6. The molecule has 15 heteroatoms. The van der Waals surface area contributed by atoms with E-state index in [0.29, 0.717) is 11.1 Å². The SMILES string of the molecule is C[C@@H](NC(=O)c1ncnc(N)c1Br)c1ncc(C(=O)Nc2cc(C(F)(F)F)c(Cl)cn2)s1. The molecule has 0 unspecified atom stereocenters. The van der Waals surface area contributed by atoms with Crippen molar-refractivity contribution in [1.29, 1.82) is 0 Å². The molecule has 1 atom stereocenters. The highest BCUT2D eigenvalue weighted by Gasteiger charge is 2.34. The molecule has 3 aromatic rings. The quantitative estimate of drug-likeness (QED) is 0.435. The second-order valence-corrected chi connectivity index (χ2v) is 8.44. The lowest BCUT2D eigenvalue weighted by Crippen LogP contribution is -2.28. The molecule has 0 spiro atoms. The normalized spacial score (nSPS) is 12.3. The first-order valence-electron chi connectivity index (χ1n) is 8.54. The summed E-state index contributed by atoms with van der Waals surface area (Å²) in [6.45, 7) is 1.63. The van der Waals surface area contributed by atoms with Crippen molar-refractivity contribution in [3.63, 3.8) is 0 Å². The Labute approximate surface area is 195 Å². The van der Waals surface area contributed by atoms with Crippen LogP contribution in [0, 0.1) is 0 Å². The van der Waals surface area contributed by atoms with Gasteiger partial charge in [0, 0.05) is 6.20 Å². The van der Waals surface area contributed by atoms with Crippen molar-refractivity contribution >= 4 is 62.3 Å². The van der Waals surface area contributed by atoms with Crippen LogP contribution >= 0.6 is 38.9 Å². The van der Waals surface area contributed by atoms with Gasteiger partial charge in [-0.1, -0.05) is 11.6 Å². The summed E-state index contributed by atoms with van der Waals surface area (Å²) in [7, 11) is 0. The molecule has 9 nitrogen and oxygen atoms in total. The summed E-state index contributed by atoms with van der Waals surface area (Å²) in [6, 6.07) is 0.0265. The van der Waals surface area contributed by atoms with Gasteiger partial charge in [-0.05, 0) is 28.9 Å². The molecule has 0 radical (unpaired) electrons. The molecule has 3 aromatic heterocycles. The number of amides is 2. The number of nitrogens with two attached hydrogens (primary N) is 1. The fraction of sp³-hybridized carbons (Fsp3) is 0.176. The standard InChI is InChI=1S/C17H12BrClF3N7O2S/c1-6(28-15(31)12-11(18)13(23)27-5-26-12)16-25-4-9(32-16)14(30)29-10-2-7(17(20,21)22)8(19)3-24-10/h2-6H,1H3,(H,28,31)(H2,23,26,27)(H,24,29,30)/t6-/m1/s1. The number of aromatic nitrogens is 4.